The summed E-state index contributed by atoms with van der Waals surface area (Å²) in [6.07, 6.45) is 15.2. The highest BCUT2D eigenvalue weighted by molar-refractivity contribution is 7.16. The van der Waals surface area contributed by atoms with Crippen molar-refractivity contribution in [2.75, 3.05) is 6.16 Å². The first-order valence-corrected chi connectivity index (χ1v) is 8.08. The monoisotopic (exact) mass is 241 g/mol. The van der Waals surface area contributed by atoms with Gasteiger partial charge in [-0.25, -0.2) is 0 Å². The van der Waals surface area contributed by atoms with Crippen molar-refractivity contribution in [1.82, 2.24) is 0 Å². The second-order valence-electron chi connectivity index (χ2n) is 5.99. The van der Waals surface area contributed by atoms with Crippen LogP contribution in [-0.2, 0) is 0 Å². The van der Waals surface area contributed by atoms with Crippen molar-refractivity contribution in [2.24, 2.45) is 17.6 Å². The van der Waals surface area contributed by atoms with Crippen LogP contribution in [0.3, 0.4) is 0 Å². The van der Waals surface area contributed by atoms with Crippen LogP contribution in [0.1, 0.15) is 64.2 Å². The van der Waals surface area contributed by atoms with Gasteiger partial charge >= 0.3 is 0 Å². The van der Waals surface area contributed by atoms with E-state index in [1.54, 1.807) is 0 Å². The highest BCUT2D eigenvalue weighted by Crippen LogP contribution is 2.42. The minimum atomic E-state index is 0.144. The number of hydrogen-bond donors (Lipinski definition) is 1. The van der Waals surface area contributed by atoms with Crippen molar-refractivity contribution in [3.8, 4) is 0 Å². The largest absolute Gasteiger partial charge is 0.324 e. The lowest BCUT2D eigenvalue weighted by Crippen LogP contribution is -2.56. The highest BCUT2D eigenvalue weighted by atomic mass is 31.0. The Morgan fingerprint density at radius 2 is 1.19 bits per heavy atom. The summed E-state index contributed by atoms with van der Waals surface area (Å²) in [4.78, 5) is 0. The zero-order valence-electron chi connectivity index (χ0n) is 10.6. The molecule has 2 aliphatic carbocycles. The minimum absolute atomic E-state index is 0.144. The zero-order chi connectivity index (χ0) is 11.4. The molecule has 0 bridgehead atoms. The van der Waals surface area contributed by atoms with Gasteiger partial charge in [-0.15, -0.1) is 9.24 Å². The quantitative estimate of drug-likeness (QED) is 0.749. The van der Waals surface area contributed by atoms with Crippen LogP contribution in [0.5, 0.6) is 0 Å². The maximum absolute atomic E-state index is 6.83. The second-order valence-corrected chi connectivity index (χ2v) is 6.39. The molecule has 0 heterocycles. The SMILES string of the molecule is NC(CP)(C1CCCCC1)C1CCCCC1. The molecule has 0 aromatic rings. The zero-order valence-corrected chi connectivity index (χ0v) is 11.7. The fourth-order valence-electron chi connectivity index (χ4n) is 3.95. The van der Waals surface area contributed by atoms with E-state index in [2.05, 4.69) is 9.24 Å². The van der Waals surface area contributed by atoms with Crippen LogP contribution in [0, 0.1) is 11.8 Å². The van der Waals surface area contributed by atoms with E-state index < -0.39 is 0 Å². The van der Waals surface area contributed by atoms with Crippen molar-refractivity contribution in [3.63, 3.8) is 0 Å². The lowest BCUT2D eigenvalue weighted by atomic mass is 9.65. The Kier molecular flexibility index (Phi) is 4.67. The van der Waals surface area contributed by atoms with Gasteiger partial charge in [0.25, 0.3) is 0 Å². The Morgan fingerprint density at radius 3 is 1.50 bits per heavy atom. The molecule has 2 N–H and O–H groups in total. The van der Waals surface area contributed by atoms with E-state index in [0.717, 1.165) is 18.0 Å². The molecule has 1 atom stereocenters. The average Bonchev–Trinajstić information content (AvgIpc) is 2.40. The van der Waals surface area contributed by atoms with Crippen molar-refractivity contribution in [1.29, 1.82) is 0 Å². The van der Waals surface area contributed by atoms with Crippen LogP contribution in [0.15, 0.2) is 0 Å². The van der Waals surface area contributed by atoms with Crippen LogP contribution < -0.4 is 5.73 Å². The maximum atomic E-state index is 6.83. The van der Waals surface area contributed by atoms with E-state index in [0.29, 0.717) is 0 Å². The summed E-state index contributed by atoms with van der Waals surface area (Å²) in [5, 5.41) is 0. The molecule has 2 aliphatic rings. The summed E-state index contributed by atoms with van der Waals surface area (Å²) < 4.78 is 0. The maximum Gasteiger partial charge on any atom is 0.0246 e. The normalized spacial score (nSPS) is 25.9. The summed E-state index contributed by atoms with van der Waals surface area (Å²) in [5.74, 6) is 1.61. The third-order valence-electron chi connectivity index (χ3n) is 5.08. The van der Waals surface area contributed by atoms with Gasteiger partial charge in [0.2, 0.25) is 0 Å². The Morgan fingerprint density at radius 1 is 0.812 bits per heavy atom. The third-order valence-corrected chi connectivity index (χ3v) is 5.79. The summed E-state index contributed by atoms with van der Waals surface area (Å²) in [7, 11) is 2.94. The van der Waals surface area contributed by atoms with E-state index in [4.69, 9.17) is 5.73 Å². The van der Waals surface area contributed by atoms with Gasteiger partial charge in [-0.05, 0) is 43.7 Å². The smallest absolute Gasteiger partial charge is 0.0246 e. The molecule has 1 unspecified atom stereocenters. The number of hydrogen-bond acceptors (Lipinski definition) is 1. The van der Waals surface area contributed by atoms with Gasteiger partial charge in [0.05, 0.1) is 0 Å². The average molecular weight is 241 g/mol. The van der Waals surface area contributed by atoms with E-state index in [1.807, 2.05) is 0 Å². The Balaban J connectivity index is 2.03. The molecule has 1 nitrogen and oxygen atoms in total. The number of rotatable bonds is 3. The molecule has 0 saturated heterocycles. The molecule has 0 aromatic carbocycles. The van der Waals surface area contributed by atoms with Crippen molar-refractivity contribution in [3.05, 3.63) is 0 Å². The predicted octanol–water partition coefficient (Wildman–Crippen LogP) is 3.72. The molecule has 16 heavy (non-hydrogen) atoms. The van der Waals surface area contributed by atoms with Crippen LogP contribution >= 0.6 is 9.24 Å². The molecule has 0 radical (unpaired) electrons. The van der Waals surface area contributed by atoms with Gasteiger partial charge in [-0.3, -0.25) is 0 Å². The lowest BCUT2D eigenvalue weighted by Gasteiger charge is -2.46. The summed E-state index contributed by atoms with van der Waals surface area (Å²) in [5.41, 5.74) is 6.97. The van der Waals surface area contributed by atoms with Crippen LogP contribution in [0.4, 0.5) is 0 Å². The second kappa shape index (κ2) is 5.83. The molecular weight excluding hydrogens is 213 g/mol. The Hall–Kier alpha value is 0.390. The fraction of sp³-hybridized carbons (Fsp3) is 1.00. The summed E-state index contributed by atoms with van der Waals surface area (Å²) >= 11 is 0. The summed E-state index contributed by atoms with van der Waals surface area (Å²) in [6.45, 7) is 0. The first kappa shape index (κ1) is 12.8. The molecule has 2 saturated carbocycles. The van der Waals surface area contributed by atoms with Crippen LogP contribution in [0.2, 0.25) is 0 Å². The molecule has 2 heteroatoms. The third kappa shape index (κ3) is 2.62. The molecule has 0 spiro atoms. The van der Waals surface area contributed by atoms with Gasteiger partial charge in [-0.1, -0.05) is 38.5 Å². The molecule has 94 valence electrons. The van der Waals surface area contributed by atoms with E-state index in [-0.39, 0.29) is 5.54 Å². The van der Waals surface area contributed by atoms with Gasteiger partial charge in [0.15, 0.2) is 0 Å². The van der Waals surface area contributed by atoms with Gasteiger partial charge in [0, 0.05) is 5.54 Å². The van der Waals surface area contributed by atoms with Crippen molar-refractivity contribution >= 4 is 9.24 Å². The summed E-state index contributed by atoms with van der Waals surface area (Å²) in [6, 6.07) is 0. The fourth-order valence-corrected chi connectivity index (χ4v) is 4.61. The molecule has 0 aromatic heterocycles. The van der Waals surface area contributed by atoms with Crippen LogP contribution in [0.25, 0.3) is 0 Å². The molecular formula is C14H28NP. The van der Waals surface area contributed by atoms with E-state index in [1.165, 1.54) is 64.2 Å². The first-order valence-electron chi connectivity index (χ1n) is 7.26. The standard InChI is InChI=1S/C14H28NP/c15-14(11-16,12-7-3-1-4-8-12)13-9-5-2-6-10-13/h12-13H,1-11,15-16H2. The van der Waals surface area contributed by atoms with Crippen LogP contribution in [-0.4, -0.2) is 11.7 Å². The molecule has 0 aliphatic heterocycles. The highest BCUT2D eigenvalue weighted by Gasteiger charge is 2.40. The molecule has 2 rings (SSSR count). The topological polar surface area (TPSA) is 26.0 Å². The minimum Gasteiger partial charge on any atom is -0.324 e. The molecule has 0 amide bonds. The Bertz CT molecular complexity index is 187. The first-order chi connectivity index (χ1) is 7.77. The molecule has 2 fully saturated rings. The van der Waals surface area contributed by atoms with Crippen molar-refractivity contribution < 1.29 is 0 Å². The lowest BCUT2D eigenvalue weighted by molar-refractivity contribution is 0.126. The van der Waals surface area contributed by atoms with Gasteiger partial charge in [0.1, 0.15) is 0 Å². The Labute approximate surface area is 103 Å². The predicted molar refractivity (Wildman–Crippen MR) is 74.6 cm³/mol. The number of nitrogens with two attached hydrogens (primary N) is 1. The van der Waals surface area contributed by atoms with Gasteiger partial charge < -0.3 is 5.73 Å². The van der Waals surface area contributed by atoms with E-state index >= 15 is 0 Å². The van der Waals surface area contributed by atoms with E-state index in [9.17, 15) is 0 Å². The van der Waals surface area contributed by atoms with Crippen molar-refractivity contribution in [2.45, 2.75) is 69.7 Å². The van der Waals surface area contributed by atoms with Gasteiger partial charge in [-0.2, -0.15) is 0 Å².